The standard InChI is InChI=1S/C24H44N2O2/c1-2-3-4-5-6-7-8-9-10-11-12-13-14-15-16-19-22(27)21-18-17-20-26-24(28)23(21)25/h9-10,21,23H,2-8,11-20,25H2,1H3,(H,26,28)/b10-9-/t21?,23-/m1/s1. The SMILES string of the molecule is CCCCCCCC/C=C\CCCCCCCC(=O)C1CCCNC(=O)[C@@H]1N. The Morgan fingerprint density at radius 3 is 2.18 bits per heavy atom. The summed E-state index contributed by atoms with van der Waals surface area (Å²) in [6.07, 6.45) is 23.2. The maximum atomic E-state index is 12.4. The number of rotatable bonds is 16. The second-order valence-electron chi connectivity index (χ2n) is 8.37. The highest BCUT2D eigenvalue weighted by atomic mass is 16.2. The van der Waals surface area contributed by atoms with Gasteiger partial charge in [0.25, 0.3) is 0 Å². The molecule has 4 heteroatoms. The summed E-state index contributed by atoms with van der Waals surface area (Å²) in [5, 5.41) is 2.78. The fraction of sp³-hybridized carbons (Fsp3) is 0.833. The molecule has 1 saturated heterocycles. The van der Waals surface area contributed by atoms with Crippen LogP contribution < -0.4 is 11.1 Å². The Hall–Kier alpha value is -1.16. The fourth-order valence-corrected chi connectivity index (χ4v) is 3.93. The number of unbranched alkanes of at least 4 members (excludes halogenated alkanes) is 11. The van der Waals surface area contributed by atoms with Crippen LogP contribution in [0.3, 0.4) is 0 Å². The lowest BCUT2D eigenvalue weighted by Crippen LogP contribution is -2.45. The second kappa shape index (κ2) is 16.8. The molecule has 1 heterocycles. The molecule has 0 spiro atoms. The van der Waals surface area contributed by atoms with E-state index < -0.39 is 6.04 Å². The normalized spacial score (nSPS) is 20.3. The van der Waals surface area contributed by atoms with Crippen molar-refractivity contribution in [3.8, 4) is 0 Å². The molecule has 1 fully saturated rings. The van der Waals surface area contributed by atoms with Crippen LogP contribution >= 0.6 is 0 Å². The first-order valence-corrected chi connectivity index (χ1v) is 11.9. The van der Waals surface area contributed by atoms with Crippen molar-refractivity contribution in [2.75, 3.05) is 6.54 Å². The van der Waals surface area contributed by atoms with Gasteiger partial charge in [0.1, 0.15) is 5.78 Å². The lowest BCUT2D eigenvalue weighted by Gasteiger charge is -2.18. The van der Waals surface area contributed by atoms with Crippen molar-refractivity contribution < 1.29 is 9.59 Å². The minimum absolute atomic E-state index is 0.166. The van der Waals surface area contributed by atoms with E-state index in [0.717, 1.165) is 25.7 Å². The van der Waals surface area contributed by atoms with Gasteiger partial charge in [0.15, 0.2) is 0 Å². The molecule has 0 aromatic carbocycles. The van der Waals surface area contributed by atoms with Crippen molar-refractivity contribution >= 4 is 11.7 Å². The number of ketones is 1. The lowest BCUT2D eigenvalue weighted by atomic mass is 9.89. The summed E-state index contributed by atoms with van der Waals surface area (Å²) in [6.45, 7) is 2.90. The van der Waals surface area contributed by atoms with Crippen LogP contribution in [-0.2, 0) is 9.59 Å². The van der Waals surface area contributed by atoms with E-state index in [1.165, 1.54) is 70.6 Å². The number of amides is 1. The third kappa shape index (κ3) is 11.6. The molecule has 3 N–H and O–H groups in total. The van der Waals surface area contributed by atoms with Crippen molar-refractivity contribution in [3.63, 3.8) is 0 Å². The van der Waals surface area contributed by atoms with Gasteiger partial charge in [-0.3, -0.25) is 9.59 Å². The maximum absolute atomic E-state index is 12.4. The highest BCUT2D eigenvalue weighted by molar-refractivity contribution is 5.91. The van der Waals surface area contributed by atoms with Crippen molar-refractivity contribution in [1.29, 1.82) is 0 Å². The molecule has 0 saturated carbocycles. The zero-order valence-electron chi connectivity index (χ0n) is 18.2. The number of allylic oxidation sites excluding steroid dienone is 2. The maximum Gasteiger partial charge on any atom is 0.237 e. The van der Waals surface area contributed by atoms with Gasteiger partial charge in [-0.2, -0.15) is 0 Å². The minimum Gasteiger partial charge on any atom is -0.355 e. The second-order valence-corrected chi connectivity index (χ2v) is 8.37. The molecule has 162 valence electrons. The molecular formula is C24H44N2O2. The van der Waals surface area contributed by atoms with E-state index >= 15 is 0 Å². The van der Waals surface area contributed by atoms with Crippen LogP contribution in [0.5, 0.6) is 0 Å². The van der Waals surface area contributed by atoms with Crippen LogP contribution in [0.2, 0.25) is 0 Å². The van der Waals surface area contributed by atoms with Crippen LogP contribution in [0, 0.1) is 5.92 Å². The summed E-state index contributed by atoms with van der Waals surface area (Å²) in [7, 11) is 0. The predicted octanol–water partition coefficient (Wildman–Crippen LogP) is 5.45. The first-order valence-electron chi connectivity index (χ1n) is 11.9. The Balaban J connectivity index is 1.94. The van der Waals surface area contributed by atoms with Crippen molar-refractivity contribution in [1.82, 2.24) is 5.32 Å². The van der Waals surface area contributed by atoms with E-state index in [1.54, 1.807) is 0 Å². The van der Waals surface area contributed by atoms with Crippen LogP contribution in [0.4, 0.5) is 0 Å². The third-order valence-corrected chi connectivity index (χ3v) is 5.83. The van der Waals surface area contributed by atoms with E-state index in [9.17, 15) is 9.59 Å². The number of nitrogens with two attached hydrogens (primary N) is 1. The molecule has 2 atom stereocenters. The van der Waals surface area contributed by atoms with Gasteiger partial charge in [0.2, 0.25) is 5.91 Å². The van der Waals surface area contributed by atoms with Gasteiger partial charge in [0.05, 0.1) is 6.04 Å². The predicted molar refractivity (Wildman–Crippen MR) is 118 cm³/mol. The zero-order chi connectivity index (χ0) is 20.5. The van der Waals surface area contributed by atoms with Crippen molar-refractivity contribution in [2.24, 2.45) is 11.7 Å². The Kier molecular flexibility index (Phi) is 14.9. The molecule has 1 aliphatic heterocycles. The molecule has 1 unspecified atom stereocenters. The number of nitrogens with one attached hydrogen (secondary N) is 1. The first kappa shape index (κ1) is 24.9. The lowest BCUT2D eigenvalue weighted by molar-refractivity contribution is -0.129. The average Bonchev–Trinajstić information content (AvgIpc) is 2.86. The van der Waals surface area contributed by atoms with Crippen LogP contribution in [0.25, 0.3) is 0 Å². The highest BCUT2D eigenvalue weighted by Gasteiger charge is 2.31. The summed E-state index contributed by atoms with van der Waals surface area (Å²) in [4.78, 5) is 24.1. The van der Waals surface area contributed by atoms with E-state index in [2.05, 4.69) is 24.4 Å². The van der Waals surface area contributed by atoms with E-state index in [-0.39, 0.29) is 17.6 Å². The summed E-state index contributed by atoms with van der Waals surface area (Å²) in [6, 6.07) is -0.655. The Morgan fingerprint density at radius 1 is 0.964 bits per heavy atom. The van der Waals surface area contributed by atoms with E-state index in [1.807, 2.05) is 0 Å². The molecule has 1 rings (SSSR count). The van der Waals surface area contributed by atoms with Gasteiger partial charge in [-0.15, -0.1) is 0 Å². The summed E-state index contributed by atoms with van der Waals surface area (Å²) < 4.78 is 0. The van der Waals surface area contributed by atoms with Gasteiger partial charge in [-0.25, -0.2) is 0 Å². The first-order chi connectivity index (χ1) is 13.7. The van der Waals surface area contributed by atoms with E-state index in [4.69, 9.17) is 5.73 Å². The minimum atomic E-state index is -0.655. The quantitative estimate of drug-likeness (QED) is 0.271. The molecule has 0 aromatic heterocycles. The number of Topliss-reactive ketones (excluding diaryl/α,β-unsaturated/α-hetero) is 1. The largest absolute Gasteiger partial charge is 0.355 e. The summed E-state index contributed by atoms with van der Waals surface area (Å²) >= 11 is 0. The smallest absolute Gasteiger partial charge is 0.237 e. The molecule has 0 radical (unpaired) electrons. The molecule has 0 bridgehead atoms. The van der Waals surface area contributed by atoms with Gasteiger partial charge in [0, 0.05) is 18.9 Å². The monoisotopic (exact) mass is 392 g/mol. The zero-order valence-corrected chi connectivity index (χ0v) is 18.2. The van der Waals surface area contributed by atoms with Crippen LogP contribution in [-0.4, -0.2) is 24.3 Å². The molecule has 1 amide bonds. The Bertz CT molecular complexity index is 448. The molecule has 4 nitrogen and oxygen atoms in total. The third-order valence-electron chi connectivity index (χ3n) is 5.83. The van der Waals surface area contributed by atoms with Gasteiger partial charge in [-0.05, 0) is 44.9 Å². The van der Waals surface area contributed by atoms with E-state index in [0.29, 0.717) is 13.0 Å². The summed E-state index contributed by atoms with van der Waals surface area (Å²) in [5.74, 6) is -0.262. The molecule has 28 heavy (non-hydrogen) atoms. The van der Waals surface area contributed by atoms with Gasteiger partial charge in [-0.1, -0.05) is 70.4 Å². The Labute approximate surface area is 173 Å². The summed E-state index contributed by atoms with van der Waals surface area (Å²) in [5.41, 5.74) is 5.94. The molecule has 0 aliphatic carbocycles. The fourth-order valence-electron chi connectivity index (χ4n) is 3.93. The number of hydrogen-bond acceptors (Lipinski definition) is 3. The highest BCUT2D eigenvalue weighted by Crippen LogP contribution is 2.18. The average molecular weight is 393 g/mol. The van der Waals surface area contributed by atoms with Crippen molar-refractivity contribution in [3.05, 3.63) is 12.2 Å². The van der Waals surface area contributed by atoms with Gasteiger partial charge < -0.3 is 11.1 Å². The van der Waals surface area contributed by atoms with Crippen LogP contribution in [0.15, 0.2) is 12.2 Å². The van der Waals surface area contributed by atoms with Gasteiger partial charge >= 0.3 is 0 Å². The molecular weight excluding hydrogens is 348 g/mol. The number of carbonyl (C=O) groups is 2. The number of carbonyl (C=O) groups excluding carboxylic acids is 2. The topological polar surface area (TPSA) is 72.2 Å². The van der Waals surface area contributed by atoms with Crippen LogP contribution in [0.1, 0.15) is 110 Å². The molecule has 0 aromatic rings. The van der Waals surface area contributed by atoms with Crippen molar-refractivity contribution in [2.45, 2.75) is 116 Å². The molecule has 1 aliphatic rings. The Morgan fingerprint density at radius 2 is 1.54 bits per heavy atom. The number of hydrogen-bond donors (Lipinski definition) is 2.